The average molecular weight is 802 g/mol. The zero-order valence-electron chi connectivity index (χ0n) is 29.9. The highest BCUT2D eigenvalue weighted by Crippen LogP contribution is 2.70. The normalized spacial score (nSPS) is 28.6. The largest absolute Gasteiger partial charge is 0.488 e. The van der Waals surface area contributed by atoms with Crippen molar-refractivity contribution in [2.75, 3.05) is 62.3 Å². The molecule has 8 rings (SSSR count). The molecule has 4 aliphatic heterocycles. The number of benzene rings is 3. The van der Waals surface area contributed by atoms with Crippen LogP contribution in [0.4, 0.5) is 25.0 Å². The van der Waals surface area contributed by atoms with Gasteiger partial charge in [0, 0.05) is 66.7 Å². The van der Waals surface area contributed by atoms with E-state index in [1.807, 2.05) is 55.1 Å². The quantitative estimate of drug-likeness (QED) is 0.136. The maximum absolute atomic E-state index is 15.0. The number of aromatic nitrogens is 3. The molecule has 17 heteroatoms. The average Bonchev–Trinajstić information content (AvgIpc) is 4.01. The number of rotatable bonds is 11. The summed E-state index contributed by atoms with van der Waals surface area (Å²) in [5.74, 6) is -0.762. The molecule has 0 spiro atoms. The van der Waals surface area contributed by atoms with E-state index in [1.165, 1.54) is 41.7 Å². The molecule has 5 atom stereocenters. The van der Waals surface area contributed by atoms with Crippen LogP contribution in [0.15, 0.2) is 84.3 Å². The van der Waals surface area contributed by atoms with Crippen molar-refractivity contribution in [3.63, 3.8) is 0 Å². The fourth-order valence-electron chi connectivity index (χ4n) is 7.51. The zero-order chi connectivity index (χ0) is 37.5. The van der Waals surface area contributed by atoms with Crippen molar-refractivity contribution in [3.05, 3.63) is 96.6 Å². The van der Waals surface area contributed by atoms with Crippen LogP contribution in [-0.4, -0.2) is 101 Å². The van der Waals surface area contributed by atoms with Crippen LogP contribution in [0.3, 0.4) is 0 Å². The van der Waals surface area contributed by atoms with Gasteiger partial charge >= 0.3 is 0 Å². The number of anilines is 2. The van der Waals surface area contributed by atoms with E-state index in [0.717, 1.165) is 48.5 Å². The number of nitrogens with zero attached hydrogens (tertiary/aromatic N) is 6. The fraction of sp³-hybridized carbons (Fsp3) is 0.432. The minimum absolute atomic E-state index is 0.0111. The predicted molar refractivity (Wildman–Crippen MR) is 205 cm³/mol. The highest BCUT2D eigenvalue weighted by atomic mass is 35.7. The summed E-state index contributed by atoms with van der Waals surface area (Å²) in [6, 6.07) is 19.6. The molecule has 5 heterocycles. The third-order valence-electron chi connectivity index (χ3n) is 10.4. The van der Waals surface area contributed by atoms with Gasteiger partial charge in [0.05, 0.1) is 43.3 Å². The Bertz CT molecular complexity index is 1920. The van der Waals surface area contributed by atoms with Gasteiger partial charge < -0.3 is 28.9 Å². The number of piperazine rings is 1. The Kier molecular flexibility index (Phi) is 10.7. The maximum atomic E-state index is 15.0. The minimum atomic E-state index is -2.29. The number of ether oxygens (including phenoxy) is 3. The standard InChI is InChI=1S/C37H42ClF2N7O5S2/c1-25(2)47-18-34(33-19-51-53-43-33)54(38,36(47)48)30-10-6-28(7-11-30)45-15-13-44(14-16-45)27-4-8-29(9-5-27)49-20-35-50-22-37(52-35,21-46-24-41-23-42-46)31-12-3-26(39)17-32(31)40/h3-12,17,23-25,33-35,43H,13-16,18-22H2,1-2H3/t33-,34-,35+,37-/m1/s1. The summed E-state index contributed by atoms with van der Waals surface area (Å²) in [5.41, 5.74) is 1.12. The monoisotopic (exact) mass is 801 g/mol. The summed E-state index contributed by atoms with van der Waals surface area (Å²) in [6.45, 7) is 8.76. The van der Waals surface area contributed by atoms with Crippen LogP contribution in [0.5, 0.6) is 5.75 Å². The first-order chi connectivity index (χ1) is 26.1. The Morgan fingerprint density at radius 2 is 1.74 bits per heavy atom. The van der Waals surface area contributed by atoms with Gasteiger partial charge in [-0.15, -0.1) is 0 Å². The van der Waals surface area contributed by atoms with Crippen molar-refractivity contribution in [1.82, 2.24) is 24.4 Å². The molecule has 1 amide bonds. The van der Waals surface area contributed by atoms with Crippen molar-refractivity contribution in [2.45, 2.75) is 54.5 Å². The van der Waals surface area contributed by atoms with Crippen molar-refractivity contribution in [3.8, 4) is 5.75 Å². The third-order valence-corrected chi connectivity index (χ3v) is 15.7. The smallest absolute Gasteiger partial charge is 0.282 e. The second kappa shape index (κ2) is 15.5. The first kappa shape index (κ1) is 37.3. The van der Waals surface area contributed by atoms with Gasteiger partial charge in [0.25, 0.3) is 5.24 Å². The van der Waals surface area contributed by atoms with Crippen LogP contribution >= 0.6 is 32.2 Å². The second-order valence-electron chi connectivity index (χ2n) is 14.1. The van der Waals surface area contributed by atoms with Crippen LogP contribution in [0.25, 0.3) is 0 Å². The molecule has 3 aromatic carbocycles. The number of halogens is 3. The Morgan fingerprint density at radius 3 is 2.35 bits per heavy atom. The highest BCUT2D eigenvalue weighted by Gasteiger charge is 2.54. The molecule has 4 saturated heterocycles. The Balaban J connectivity index is 0.859. The van der Waals surface area contributed by atoms with Crippen LogP contribution in [-0.2, 0) is 25.8 Å². The molecule has 0 bridgehead atoms. The van der Waals surface area contributed by atoms with Crippen molar-refractivity contribution in [2.24, 2.45) is 0 Å². The van der Waals surface area contributed by atoms with E-state index < -0.39 is 32.8 Å². The summed E-state index contributed by atoms with van der Waals surface area (Å²) in [4.78, 5) is 25.2. The molecule has 54 heavy (non-hydrogen) atoms. The van der Waals surface area contributed by atoms with E-state index in [4.69, 9.17) is 29.1 Å². The molecular weight excluding hydrogens is 760 g/mol. The Labute approximate surface area is 323 Å². The summed E-state index contributed by atoms with van der Waals surface area (Å²) < 4.78 is 57.2. The fourth-order valence-corrected chi connectivity index (χ4v) is 12.3. The van der Waals surface area contributed by atoms with Gasteiger partial charge in [-0.1, -0.05) is 16.7 Å². The summed E-state index contributed by atoms with van der Waals surface area (Å²) in [6.07, 6.45) is 2.10. The topological polar surface area (TPSA) is 106 Å². The molecule has 4 fully saturated rings. The van der Waals surface area contributed by atoms with Gasteiger partial charge in [-0.05, 0) is 77.7 Å². The van der Waals surface area contributed by atoms with Gasteiger partial charge in [0.1, 0.15) is 42.2 Å². The van der Waals surface area contributed by atoms with Gasteiger partial charge in [-0.25, -0.2) is 23.2 Å². The van der Waals surface area contributed by atoms with Crippen molar-refractivity contribution < 1.29 is 32.0 Å². The van der Waals surface area contributed by atoms with E-state index in [-0.39, 0.29) is 47.9 Å². The lowest BCUT2D eigenvalue weighted by molar-refractivity contribution is -0.117. The lowest BCUT2D eigenvalue weighted by atomic mass is 9.94. The molecule has 4 aromatic rings. The minimum Gasteiger partial charge on any atom is -0.488 e. The molecule has 0 aliphatic carbocycles. The lowest BCUT2D eigenvalue weighted by Crippen LogP contribution is -2.46. The SMILES string of the molecule is CC(C)N1C[C@H]([C@H]2COSN2)S(Cl)(c2ccc(N3CCN(c4ccc(OC[C@H]5OC[C@](Cn6cncn6)(c6ccc(F)cc6F)O5)cc4)CC3)cc2)C1=O. The van der Waals surface area contributed by atoms with Gasteiger partial charge in [0.15, 0.2) is 6.29 Å². The number of hydrogen-bond acceptors (Lipinski definition) is 11. The molecule has 1 unspecified atom stereocenters. The Hall–Kier alpha value is -3.64. The van der Waals surface area contributed by atoms with Gasteiger partial charge in [0.2, 0.25) is 0 Å². The predicted octanol–water partition coefficient (Wildman–Crippen LogP) is 6.31. The van der Waals surface area contributed by atoms with Gasteiger partial charge in [-0.2, -0.15) is 5.10 Å². The van der Waals surface area contributed by atoms with E-state index in [9.17, 15) is 13.6 Å². The van der Waals surface area contributed by atoms with Gasteiger partial charge in [-0.3, -0.25) is 8.98 Å². The molecular formula is C37H42ClF2N7O5S2. The van der Waals surface area contributed by atoms with E-state index in [1.54, 1.807) is 0 Å². The number of hydrogen-bond donors (Lipinski definition) is 1. The van der Waals surface area contributed by atoms with Crippen LogP contribution in [0, 0.1) is 11.6 Å². The van der Waals surface area contributed by atoms with Crippen LogP contribution < -0.4 is 19.3 Å². The van der Waals surface area contributed by atoms with E-state index >= 15 is 0 Å². The molecule has 4 aliphatic rings. The molecule has 1 aromatic heterocycles. The van der Waals surface area contributed by atoms with Crippen molar-refractivity contribution >= 4 is 48.8 Å². The van der Waals surface area contributed by atoms with Crippen molar-refractivity contribution in [1.29, 1.82) is 0 Å². The molecule has 12 nitrogen and oxygen atoms in total. The number of carbonyl (C=O) groups excluding carboxylic acids is 1. The highest BCUT2D eigenvalue weighted by molar-refractivity contribution is 8.61. The summed E-state index contributed by atoms with van der Waals surface area (Å²) in [5, 5.41) is 4.12. The summed E-state index contributed by atoms with van der Waals surface area (Å²) >= 11 is 1.23. The summed E-state index contributed by atoms with van der Waals surface area (Å²) in [7, 11) is 5.11. The second-order valence-corrected chi connectivity index (χ2v) is 18.8. The molecule has 288 valence electrons. The third kappa shape index (κ3) is 7.24. The zero-order valence-corrected chi connectivity index (χ0v) is 32.2. The number of amides is 1. The maximum Gasteiger partial charge on any atom is 0.282 e. The van der Waals surface area contributed by atoms with Crippen LogP contribution in [0.1, 0.15) is 19.4 Å². The van der Waals surface area contributed by atoms with Crippen LogP contribution in [0.2, 0.25) is 0 Å². The number of nitrogens with one attached hydrogen (secondary N) is 1. The Morgan fingerprint density at radius 1 is 1.04 bits per heavy atom. The van der Waals surface area contributed by atoms with E-state index in [0.29, 0.717) is 18.9 Å². The van der Waals surface area contributed by atoms with E-state index in [2.05, 4.69) is 36.7 Å². The first-order valence-electron chi connectivity index (χ1n) is 17.9. The lowest BCUT2D eigenvalue weighted by Gasteiger charge is -2.38. The molecule has 1 N–H and O–H groups in total. The molecule has 0 radical (unpaired) electrons. The number of carbonyl (C=O) groups is 1. The first-order valence-corrected chi connectivity index (χ1v) is 21.2. The molecule has 0 saturated carbocycles.